The van der Waals surface area contributed by atoms with Gasteiger partial charge in [0, 0.05) is 23.0 Å². The van der Waals surface area contributed by atoms with Gasteiger partial charge >= 0.3 is 0 Å². The Bertz CT molecular complexity index is 865. The topological polar surface area (TPSA) is 33.2 Å². The van der Waals surface area contributed by atoms with E-state index in [1.54, 1.807) is 17.5 Å². The van der Waals surface area contributed by atoms with E-state index in [0.29, 0.717) is 5.69 Å². The summed E-state index contributed by atoms with van der Waals surface area (Å²) in [7, 11) is 0. The monoisotopic (exact) mass is 322 g/mol. The third-order valence-corrected chi connectivity index (χ3v) is 5.62. The minimum atomic E-state index is 0.0468. The summed E-state index contributed by atoms with van der Waals surface area (Å²) in [5.74, 6) is 0.0468. The molecule has 116 valence electrons. The second-order valence-electron chi connectivity index (χ2n) is 5.85. The fourth-order valence-electron chi connectivity index (χ4n) is 3.51. The first-order valence-electron chi connectivity index (χ1n) is 8.00. The zero-order chi connectivity index (χ0) is 15.8. The fraction of sp³-hybridized carbons (Fsp3) is 0.263. The van der Waals surface area contributed by atoms with E-state index in [4.69, 9.17) is 0 Å². The molecule has 23 heavy (non-hydrogen) atoms. The third kappa shape index (κ3) is 2.34. The molecule has 4 rings (SSSR count). The molecular formula is C19H18N2OS. The van der Waals surface area contributed by atoms with Gasteiger partial charge in [-0.1, -0.05) is 31.2 Å². The number of benzene rings is 1. The van der Waals surface area contributed by atoms with E-state index in [9.17, 15) is 4.79 Å². The number of thiophene rings is 1. The molecule has 3 heterocycles. The minimum absolute atomic E-state index is 0.0468. The summed E-state index contributed by atoms with van der Waals surface area (Å²) in [5.41, 5.74) is 1.89. The van der Waals surface area contributed by atoms with Gasteiger partial charge in [-0.2, -0.15) is 0 Å². The molecule has 1 aliphatic heterocycles. The Kier molecular flexibility index (Phi) is 3.62. The van der Waals surface area contributed by atoms with Crippen LogP contribution in [0.25, 0.3) is 10.8 Å². The maximum absolute atomic E-state index is 13.2. The van der Waals surface area contributed by atoms with Gasteiger partial charge in [0.05, 0.1) is 6.04 Å². The number of amides is 1. The van der Waals surface area contributed by atoms with Crippen LogP contribution >= 0.6 is 11.3 Å². The van der Waals surface area contributed by atoms with Crippen molar-refractivity contribution in [3.05, 3.63) is 64.1 Å². The zero-order valence-electron chi connectivity index (χ0n) is 13.0. The summed E-state index contributed by atoms with van der Waals surface area (Å²) in [5, 5.41) is 4.13. The molecule has 0 bridgehead atoms. The first-order chi connectivity index (χ1) is 11.3. The summed E-state index contributed by atoms with van der Waals surface area (Å²) < 4.78 is 0. The van der Waals surface area contributed by atoms with Crippen molar-refractivity contribution >= 4 is 28.0 Å². The van der Waals surface area contributed by atoms with Crippen LogP contribution < -0.4 is 0 Å². The molecule has 0 radical (unpaired) electrons. The molecule has 1 atom stereocenters. The lowest BCUT2D eigenvalue weighted by Crippen LogP contribution is -2.39. The van der Waals surface area contributed by atoms with Crippen molar-refractivity contribution in [1.82, 2.24) is 9.88 Å². The van der Waals surface area contributed by atoms with Crippen LogP contribution in [0.5, 0.6) is 0 Å². The molecule has 0 saturated heterocycles. The summed E-state index contributed by atoms with van der Waals surface area (Å²) in [6.45, 7) is 2.92. The number of aromatic nitrogens is 1. The molecule has 3 nitrogen and oxygen atoms in total. The van der Waals surface area contributed by atoms with E-state index in [1.165, 1.54) is 10.4 Å². The van der Waals surface area contributed by atoms with Crippen molar-refractivity contribution in [2.75, 3.05) is 6.54 Å². The van der Waals surface area contributed by atoms with Gasteiger partial charge in [-0.25, -0.2) is 0 Å². The number of carbonyl (C=O) groups excluding carboxylic acids is 1. The van der Waals surface area contributed by atoms with E-state index in [-0.39, 0.29) is 11.9 Å². The molecule has 0 fully saturated rings. The average Bonchev–Trinajstić information content (AvgIpc) is 3.08. The number of carbonyl (C=O) groups is 1. The normalized spacial score (nSPS) is 17.3. The number of pyridine rings is 1. The molecule has 2 aromatic heterocycles. The number of fused-ring (bicyclic) bond motifs is 2. The molecular weight excluding hydrogens is 304 g/mol. The third-order valence-electron chi connectivity index (χ3n) is 4.62. The summed E-state index contributed by atoms with van der Waals surface area (Å²) in [6.07, 6.45) is 3.61. The largest absolute Gasteiger partial charge is 0.330 e. The Balaban J connectivity index is 1.77. The molecule has 1 amide bonds. The highest BCUT2D eigenvalue weighted by Crippen LogP contribution is 2.36. The minimum Gasteiger partial charge on any atom is -0.330 e. The zero-order valence-corrected chi connectivity index (χ0v) is 13.8. The van der Waals surface area contributed by atoms with Crippen molar-refractivity contribution in [2.24, 2.45) is 0 Å². The van der Waals surface area contributed by atoms with E-state index in [0.717, 1.165) is 30.2 Å². The molecule has 1 aliphatic rings. The Morgan fingerprint density at radius 3 is 3.04 bits per heavy atom. The average molecular weight is 322 g/mol. The lowest BCUT2D eigenvalue weighted by Gasteiger charge is -2.35. The van der Waals surface area contributed by atoms with E-state index < -0.39 is 0 Å². The lowest BCUT2D eigenvalue weighted by atomic mass is 9.97. The van der Waals surface area contributed by atoms with Crippen LogP contribution in [-0.2, 0) is 6.42 Å². The van der Waals surface area contributed by atoms with Gasteiger partial charge in [0.25, 0.3) is 5.91 Å². The predicted octanol–water partition coefficient (Wildman–Crippen LogP) is 4.45. The quantitative estimate of drug-likeness (QED) is 0.698. The van der Waals surface area contributed by atoms with Gasteiger partial charge in [0.2, 0.25) is 0 Å². The van der Waals surface area contributed by atoms with Gasteiger partial charge < -0.3 is 4.90 Å². The van der Waals surface area contributed by atoms with Crippen molar-refractivity contribution in [1.29, 1.82) is 0 Å². The van der Waals surface area contributed by atoms with Crippen molar-refractivity contribution in [3.63, 3.8) is 0 Å². The highest BCUT2D eigenvalue weighted by Gasteiger charge is 2.31. The highest BCUT2D eigenvalue weighted by atomic mass is 32.1. The molecule has 3 aromatic rings. The number of hydrogen-bond donors (Lipinski definition) is 0. The van der Waals surface area contributed by atoms with Crippen LogP contribution in [0.15, 0.2) is 48.0 Å². The standard InChI is InChI=1S/C19H18N2OS/c1-2-16-15-9-12-23-17(15)8-11-21(16)19(22)18-14-6-4-3-5-13(14)7-10-20-18/h3-7,9-10,12,16H,2,8,11H2,1H3. The summed E-state index contributed by atoms with van der Waals surface area (Å²) >= 11 is 1.80. The van der Waals surface area contributed by atoms with E-state index in [2.05, 4.69) is 23.4 Å². The Morgan fingerprint density at radius 1 is 1.30 bits per heavy atom. The van der Waals surface area contributed by atoms with Gasteiger partial charge in [0.1, 0.15) is 5.69 Å². The van der Waals surface area contributed by atoms with Crippen molar-refractivity contribution in [2.45, 2.75) is 25.8 Å². The number of hydrogen-bond acceptors (Lipinski definition) is 3. The Labute approximate surface area is 139 Å². The second kappa shape index (κ2) is 5.78. The SMILES string of the molecule is CCC1c2ccsc2CCN1C(=O)c1nccc2ccccc12. The molecule has 1 unspecified atom stereocenters. The van der Waals surface area contributed by atoms with Crippen molar-refractivity contribution < 1.29 is 4.79 Å². The second-order valence-corrected chi connectivity index (χ2v) is 6.85. The fourth-order valence-corrected chi connectivity index (χ4v) is 4.43. The first-order valence-corrected chi connectivity index (χ1v) is 8.88. The molecule has 0 saturated carbocycles. The van der Waals surface area contributed by atoms with Crippen LogP contribution in [0.1, 0.15) is 40.3 Å². The Morgan fingerprint density at radius 2 is 2.17 bits per heavy atom. The maximum Gasteiger partial charge on any atom is 0.273 e. The van der Waals surface area contributed by atoms with Gasteiger partial charge in [-0.05, 0) is 41.3 Å². The van der Waals surface area contributed by atoms with Crippen LogP contribution in [0.2, 0.25) is 0 Å². The van der Waals surface area contributed by atoms with Crippen LogP contribution in [0.3, 0.4) is 0 Å². The number of nitrogens with zero attached hydrogens (tertiary/aromatic N) is 2. The number of rotatable bonds is 2. The van der Waals surface area contributed by atoms with E-state index in [1.807, 2.05) is 35.2 Å². The summed E-state index contributed by atoms with van der Waals surface area (Å²) in [4.78, 5) is 21.0. The molecule has 0 spiro atoms. The molecule has 0 aliphatic carbocycles. The van der Waals surface area contributed by atoms with Crippen molar-refractivity contribution in [3.8, 4) is 0 Å². The molecule has 0 N–H and O–H groups in total. The van der Waals surface area contributed by atoms with Gasteiger partial charge in [-0.15, -0.1) is 11.3 Å². The van der Waals surface area contributed by atoms with E-state index >= 15 is 0 Å². The highest BCUT2D eigenvalue weighted by molar-refractivity contribution is 7.10. The smallest absolute Gasteiger partial charge is 0.273 e. The van der Waals surface area contributed by atoms with Crippen LogP contribution in [0.4, 0.5) is 0 Å². The predicted molar refractivity (Wildman–Crippen MR) is 93.8 cm³/mol. The van der Waals surface area contributed by atoms with Crippen LogP contribution in [-0.4, -0.2) is 22.3 Å². The lowest BCUT2D eigenvalue weighted by molar-refractivity contribution is 0.0653. The molecule has 1 aromatic carbocycles. The Hall–Kier alpha value is -2.20. The molecule has 4 heteroatoms. The van der Waals surface area contributed by atoms with Gasteiger partial charge in [-0.3, -0.25) is 9.78 Å². The maximum atomic E-state index is 13.2. The first kappa shape index (κ1) is 14.4. The van der Waals surface area contributed by atoms with Crippen LogP contribution in [0, 0.1) is 0 Å². The van der Waals surface area contributed by atoms with Gasteiger partial charge in [0.15, 0.2) is 0 Å². The summed E-state index contributed by atoms with van der Waals surface area (Å²) in [6, 6.07) is 12.3.